The van der Waals surface area contributed by atoms with E-state index >= 15 is 0 Å². The summed E-state index contributed by atoms with van der Waals surface area (Å²) in [6.07, 6.45) is 2.63. The molecule has 1 rings (SSSR count). The van der Waals surface area contributed by atoms with E-state index in [0.717, 1.165) is 13.0 Å². The standard InChI is InChI=1S/C11H16N4O/c1-3-7-12-10-6-5-9(14-15-10)11(16)13-8-4-2/h4-6H,2-3,7-8H2,1H3,(H,12,15)(H,13,16). The van der Waals surface area contributed by atoms with Crippen molar-refractivity contribution in [3.63, 3.8) is 0 Å². The van der Waals surface area contributed by atoms with Gasteiger partial charge in [0.1, 0.15) is 5.82 Å². The number of rotatable bonds is 6. The van der Waals surface area contributed by atoms with Crippen LogP contribution >= 0.6 is 0 Å². The maximum atomic E-state index is 11.4. The number of nitrogens with one attached hydrogen (secondary N) is 2. The van der Waals surface area contributed by atoms with E-state index in [9.17, 15) is 4.79 Å². The average molecular weight is 220 g/mol. The molecule has 0 spiro atoms. The van der Waals surface area contributed by atoms with Crippen molar-refractivity contribution in [2.75, 3.05) is 18.4 Å². The van der Waals surface area contributed by atoms with E-state index in [2.05, 4.69) is 34.3 Å². The summed E-state index contributed by atoms with van der Waals surface area (Å²) in [5, 5.41) is 13.4. The van der Waals surface area contributed by atoms with Gasteiger partial charge in [0.15, 0.2) is 5.69 Å². The highest BCUT2D eigenvalue weighted by Crippen LogP contribution is 2.01. The molecule has 1 aromatic rings. The summed E-state index contributed by atoms with van der Waals surface area (Å²) in [5.74, 6) is 0.441. The van der Waals surface area contributed by atoms with E-state index < -0.39 is 0 Å². The first-order valence-electron chi connectivity index (χ1n) is 5.24. The molecule has 2 N–H and O–H groups in total. The van der Waals surface area contributed by atoms with E-state index in [-0.39, 0.29) is 5.91 Å². The number of amides is 1. The van der Waals surface area contributed by atoms with Gasteiger partial charge in [-0.2, -0.15) is 0 Å². The van der Waals surface area contributed by atoms with E-state index in [4.69, 9.17) is 0 Å². The van der Waals surface area contributed by atoms with Gasteiger partial charge in [0.2, 0.25) is 0 Å². The second-order valence-electron chi connectivity index (χ2n) is 3.23. The third-order valence-electron chi connectivity index (χ3n) is 1.86. The lowest BCUT2D eigenvalue weighted by atomic mass is 10.3. The monoisotopic (exact) mass is 220 g/mol. The summed E-state index contributed by atoms with van der Waals surface area (Å²) < 4.78 is 0. The highest BCUT2D eigenvalue weighted by molar-refractivity contribution is 5.92. The summed E-state index contributed by atoms with van der Waals surface area (Å²) in [6, 6.07) is 3.38. The molecule has 86 valence electrons. The molecule has 0 bridgehead atoms. The van der Waals surface area contributed by atoms with Gasteiger partial charge in [-0.3, -0.25) is 4.79 Å². The molecule has 0 aliphatic rings. The second kappa shape index (κ2) is 6.55. The fourth-order valence-corrected chi connectivity index (χ4v) is 1.06. The van der Waals surface area contributed by atoms with Gasteiger partial charge in [0.25, 0.3) is 5.91 Å². The Kier molecular flexibility index (Phi) is 4.98. The molecule has 1 amide bonds. The number of nitrogens with zero attached hydrogens (tertiary/aromatic N) is 2. The van der Waals surface area contributed by atoms with Crippen LogP contribution in [0.1, 0.15) is 23.8 Å². The van der Waals surface area contributed by atoms with E-state index in [0.29, 0.717) is 18.1 Å². The van der Waals surface area contributed by atoms with E-state index in [1.807, 2.05) is 0 Å². The van der Waals surface area contributed by atoms with Gasteiger partial charge in [-0.1, -0.05) is 13.0 Å². The van der Waals surface area contributed by atoms with Crippen molar-refractivity contribution < 1.29 is 4.79 Å². The van der Waals surface area contributed by atoms with Gasteiger partial charge in [-0.25, -0.2) is 0 Å². The number of carbonyl (C=O) groups excluding carboxylic acids is 1. The number of carbonyl (C=O) groups is 1. The molecule has 0 radical (unpaired) electrons. The second-order valence-corrected chi connectivity index (χ2v) is 3.23. The molecule has 16 heavy (non-hydrogen) atoms. The Morgan fingerprint density at radius 2 is 2.31 bits per heavy atom. The molecule has 0 fully saturated rings. The summed E-state index contributed by atoms with van der Waals surface area (Å²) in [7, 11) is 0. The maximum Gasteiger partial charge on any atom is 0.272 e. The third kappa shape index (κ3) is 3.68. The normalized spacial score (nSPS) is 9.56. The van der Waals surface area contributed by atoms with Gasteiger partial charge >= 0.3 is 0 Å². The van der Waals surface area contributed by atoms with Crippen molar-refractivity contribution in [3.05, 3.63) is 30.5 Å². The first-order valence-corrected chi connectivity index (χ1v) is 5.24. The topological polar surface area (TPSA) is 66.9 Å². The predicted molar refractivity (Wildman–Crippen MR) is 63.3 cm³/mol. The van der Waals surface area contributed by atoms with Gasteiger partial charge in [0.05, 0.1) is 0 Å². The summed E-state index contributed by atoms with van der Waals surface area (Å²) in [5.41, 5.74) is 0.309. The highest BCUT2D eigenvalue weighted by Gasteiger charge is 2.06. The molecule has 0 saturated carbocycles. The Balaban J connectivity index is 2.56. The molecule has 0 saturated heterocycles. The molecular weight excluding hydrogens is 204 g/mol. The lowest BCUT2D eigenvalue weighted by Gasteiger charge is -2.04. The van der Waals surface area contributed by atoms with Gasteiger partial charge < -0.3 is 10.6 Å². The molecule has 1 aromatic heterocycles. The predicted octanol–water partition coefficient (Wildman–Crippen LogP) is 1.21. The Hall–Kier alpha value is -1.91. The Labute approximate surface area is 95.0 Å². The van der Waals surface area contributed by atoms with E-state index in [1.165, 1.54) is 0 Å². The van der Waals surface area contributed by atoms with Gasteiger partial charge in [-0.15, -0.1) is 16.8 Å². The van der Waals surface area contributed by atoms with Crippen molar-refractivity contribution in [1.29, 1.82) is 0 Å². The van der Waals surface area contributed by atoms with E-state index in [1.54, 1.807) is 18.2 Å². The van der Waals surface area contributed by atoms with Crippen LogP contribution in [0.4, 0.5) is 5.82 Å². The quantitative estimate of drug-likeness (QED) is 0.707. The fourth-order valence-electron chi connectivity index (χ4n) is 1.06. The molecule has 0 atom stereocenters. The van der Waals surface area contributed by atoms with Crippen LogP contribution in [-0.2, 0) is 0 Å². The lowest BCUT2D eigenvalue weighted by Crippen LogP contribution is -2.24. The SMILES string of the molecule is C=CCNC(=O)c1ccc(NCCC)nn1. The number of hydrogen-bond donors (Lipinski definition) is 2. The first kappa shape index (κ1) is 12.2. The van der Waals surface area contributed by atoms with Crippen molar-refractivity contribution in [2.24, 2.45) is 0 Å². The number of anilines is 1. The Morgan fingerprint density at radius 3 is 2.88 bits per heavy atom. The minimum atomic E-state index is -0.241. The van der Waals surface area contributed by atoms with Crippen LogP contribution in [0, 0.1) is 0 Å². The molecule has 5 heteroatoms. The summed E-state index contributed by atoms with van der Waals surface area (Å²) in [6.45, 7) is 6.85. The molecular formula is C11H16N4O. The molecule has 0 aromatic carbocycles. The Morgan fingerprint density at radius 1 is 1.50 bits per heavy atom. The van der Waals surface area contributed by atoms with Crippen molar-refractivity contribution in [1.82, 2.24) is 15.5 Å². The smallest absolute Gasteiger partial charge is 0.272 e. The molecule has 0 aliphatic heterocycles. The minimum Gasteiger partial charge on any atom is -0.369 e. The largest absolute Gasteiger partial charge is 0.369 e. The van der Waals surface area contributed by atoms with Crippen molar-refractivity contribution >= 4 is 11.7 Å². The highest BCUT2D eigenvalue weighted by atomic mass is 16.1. The zero-order valence-corrected chi connectivity index (χ0v) is 9.36. The van der Waals surface area contributed by atoms with Crippen LogP contribution in [0.5, 0.6) is 0 Å². The van der Waals surface area contributed by atoms with Crippen LogP contribution in [0.25, 0.3) is 0 Å². The lowest BCUT2D eigenvalue weighted by molar-refractivity contribution is 0.0952. The molecule has 0 unspecified atom stereocenters. The summed E-state index contributed by atoms with van der Waals surface area (Å²) >= 11 is 0. The molecule has 1 heterocycles. The maximum absolute atomic E-state index is 11.4. The third-order valence-corrected chi connectivity index (χ3v) is 1.86. The van der Waals surface area contributed by atoms with Gasteiger partial charge in [0, 0.05) is 13.1 Å². The average Bonchev–Trinajstić information content (AvgIpc) is 2.34. The molecule has 5 nitrogen and oxygen atoms in total. The van der Waals surface area contributed by atoms with Gasteiger partial charge in [-0.05, 0) is 18.6 Å². The number of hydrogen-bond acceptors (Lipinski definition) is 4. The van der Waals surface area contributed by atoms with Crippen LogP contribution < -0.4 is 10.6 Å². The van der Waals surface area contributed by atoms with Crippen LogP contribution in [0.2, 0.25) is 0 Å². The van der Waals surface area contributed by atoms with Crippen molar-refractivity contribution in [3.8, 4) is 0 Å². The van der Waals surface area contributed by atoms with Crippen LogP contribution in [0.15, 0.2) is 24.8 Å². The molecule has 0 aliphatic carbocycles. The minimum absolute atomic E-state index is 0.241. The Bertz CT molecular complexity index is 348. The number of aromatic nitrogens is 2. The zero-order valence-electron chi connectivity index (χ0n) is 9.36. The van der Waals surface area contributed by atoms with Crippen LogP contribution in [0.3, 0.4) is 0 Å². The fraction of sp³-hybridized carbons (Fsp3) is 0.364. The van der Waals surface area contributed by atoms with Crippen LogP contribution in [-0.4, -0.2) is 29.2 Å². The first-order chi connectivity index (χ1) is 7.77. The summed E-state index contributed by atoms with van der Waals surface area (Å²) in [4.78, 5) is 11.4. The zero-order chi connectivity index (χ0) is 11.8. The van der Waals surface area contributed by atoms with Crippen molar-refractivity contribution in [2.45, 2.75) is 13.3 Å².